The van der Waals surface area contributed by atoms with Crippen molar-refractivity contribution in [1.82, 2.24) is 0 Å². The average Bonchev–Trinajstić information content (AvgIpc) is 1.86. The van der Waals surface area contributed by atoms with E-state index in [0.29, 0.717) is 5.41 Å². The molecule has 0 saturated heterocycles. The van der Waals surface area contributed by atoms with Crippen LogP contribution in [0.25, 0.3) is 0 Å². The summed E-state index contributed by atoms with van der Waals surface area (Å²) in [7, 11) is 2.40. The first kappa shape index (κ1) is 9.16. The highest BCUT2D eigenvalue weighted by Crippen LogP contribution is 2.41. The molecule has 0 amide bonds. The van der Waals surface area contributed by atoms with Crippen LogP contribution in [0.2, 0.25) is 5.82 Å². The van der Waals surface area contributed by atoms with Crippen LogP contribution < -0.4 is 0 Å². The smallest absolute Gasteiger partial charge is 0.0694 e. The Balaban J connectivity index is 2.46. The number of hydrogen-bond acceptors (Lipinski definition) is 0. The van der Waals surface area contributed by atoms with Gasteiger partial charge in [-0.05, 0) is 17.8 Å². The molecule has 1 aliphatic carbocycles. The first-order chi connectivity index (χ1) is 5.00. The van der Waals surface area contributed by atoms with E-state index in [1.165, 1.54) is 25.7 Å². The Morgan fingerprint density at radius 3 is 2.18 bits per heavy atom. The molecule has 1 aliphatic rings. The topological polar surface area (TPSA) is 0 Å². The third-order valence-electron chi connectivity index (χ3n) is 3.16. The molecule has 2 atom stereocenters. The summed E-state index contributed by atoms with van der Waals surface area (Å²) < 4.78 is 0. The maximum absolute atomic E-state index is 2.40. The van der Waals surface area contributed by atoms with Crippen molar-refractivity contribution in [3.63, 3.8) is 0 Å². The van der Waals surface area contributed by atoms with E-state index in [2.05, 4.69) is 28.6 Å². The molecule has 1 heteroatoms. The van der Waals surface area contributed by atoms with Crippen molar-refractivity contribution in [2.45, 2.75) is 52.3 Å². The summed E-state index contributed by atoms with van der Waals surface area (Å²) in [6.07, 6.45) is 5.85. The van der Waals surface area contributed by atoms with E-state index in [0.717, 1.165) is 11.7 Å². The third-order valence-corrected chi connectivity index (χ3v) is 3.16. The summed E-state index contributed by atoms with van der Waals surface area (Å²) in [5.41, 5.74) is 0.550. The van der Waals surface area contributed by atoms with Gasteiger partial charge in [-0.3, -0.25) is 0 Å². The lowest BCUT2D eigenvalue weighted by Crippen LogP contribution is -2.25. The molecule has 0 nitrogen and oxygen atoms in total. The Labute approximate surface area is 72.2 Å². The lowest BCUT2D eigenvalue weighted by atomic mass is 9.64. The quantitative estimate of drug-likeness (QED) is 0.468. The molecule has 0 aromatic rings. The van der Waals surface area contributed by atoms with Crippen LogP contribution in [0.1, 0.15) is 46.5 Å². The van der Waals surface area contributed by atoms with Gasteiger partial charge in [0.05, 0.1) is 0 Å². The van der Waals surface area contributed by atoms with Crippen LogP contribution in [-0.2, 0) is 0 Å². The second-order valence-corrected chi connectivity index (χ2v) is 5.33. The van der Waals surface area contributed by atoms with Crippen LogP contribution in [0.4, 0.5) is 0 Å². The predicted molar refractivity (Wildman–Crippen MR) is 53.7 cm³/mol. The molecule has 11 heavy (non-hydrogen) atoms. The Hall–Kier alpha value is 0.0649. The number of rotatable bonds is 0. The maximum Gasteiger partial charge on any atom is 0.105 e. The minimum atomic E-state index is 0.550. The zero-order valence-corrected chi connectivity index (χ0v) is 8.48. The van der Waals surface area contributed by atoms with Gasteiger partial charge < -0.3 is 0 Å². The molecule has 64 valence electrons. The van der Waals surface area contributed by atoms with Gasteiger partial charge in [-0.2, -0.15) is 0 Å². The van der Waals surface area contributed by atoms with Crippen molar-refractivity contribution >= 4 is 7.85 Å². The van der Waals surface area contributed by atoms with Gasteiger partial charge in [0.25, 0.3) is 0 Å². The van der Waals surface area contributed by atoms with Crippen LogP contribution >= 0.6 is 0 Å². The van der Waals surface area contributed by atoms with E-state index < -0.39 is 0 Å². The summed E-state index contributed by atoms with van der Waals surface area (Å²) in [4.78, 5) is 0. The van der Waals surface area contributed by atoms with E-state index in [1.807, 2.05) is 0 Å². The summed E-state index contributed by atoms with van der Waals surface area (Å²) in [5.74, 6) is 1.96. The molecule has 0 aromatic carbocycles. The van der Waals surface area contributed by atoms with E-state index in [9.17, 15) is 0 Å². The van der Waals surface area contributed by atoms with Crippen LogP contribution in [-0.4, -0.2) is 7.85 Å². The second kappa shape index (κ2) is 3.20. The van der Waals surface area contributed by atoms with Gasteiger partial charge in [0, 0.05) is 0 Å². The van der Waals surface area contributed by atoms with Crippen molar-refractivity contribution in [3.8, 4) is 0 Å². The lowest BCUT2D eigenvalue weighted by Gasteiger charge is -2.36. The normalized spacial score (nSPS) is 33.7. The molecule has 2 unspecified atom stereocenters. The zero-order chi connectivity index (χ0) is 8.48. The standard InChI is InChI=1S/C10H21B/c1-10(2,3)8-5-4-6-9(11)7-8/h8-9H,4-7,11H2,1-3H3. The fourth-order valence-electron chi connectivity index (χ4n) is 2.22. The second-order valence-electron chi connectivity index (χ2n) is 5.33. The summed E-state index contributed by atoms with van der Waals surface area (Å²) >= 11 is 0. The van der Waals surface area contributed by atoms with Crippen LogP contribution in [0.3, 0.4) is 0 Å². The van der Waals surface area contributed by atoms with Crippen molar-refractivity contribution in [2.24, 2.45) is 11.3 Å². The Morgan fingerprint density at radius 1 is 1.18 bits per heavy atom. The van der Waals surface area contributed by atoms with Gasteiger partial charge in [0.15, 0.2) is 0 Å². The molecule has 1 rings (SSSR count). The summed E-state index contributed by atoms with van der Waals surface area (Å²) in [6, 6.07) is 0. The minimum absolute atomic E-state index is 0.550. The van der Waals surface area contributed by atoms with Gasteiger partial charge in [-0.25, -0.2) is 0 Å². The Morgan fingerprint density at radius 2 is 1.82 bits per heavy atom. The number of hydrogen-bond donors (Lipinski definition) is 0. The molecule has 0 spiro atoms. The molecular formula is C10H21B. The molecule has 1 saturated carbocycles. The first-order valence-corrected chi connectivity index (χ1v) is 5.00. The van der Waals surface area contributed by atoms with Crippen molar-refractivity contribution in [3.05, 3.63) is 0 Å². The van der Waals surface area contributed by atoms with Crippen LogP contribution in [0.5, 0.6) is 0 Å². The largest absolute Gasteiger partial charge is 0.105 e. The van der Waals surface area contributed by atoms with Crippen LogP contribution in [0, 0.1) is 11.3 Å². The van der Waals surface area contributed by atoms with E-state index >= 15 is 0 Å². The molecule has 0 aromatic heterocycles. The van der Waals surface area contributed by atoms with Gasteiger partial charge in [-0.15, -0.1) is 0 Å². The van der Waals surface area contributed by atoms with Gasteiger partial charge in [-0.1, -0.05) is 45.9 Å². The average molecular weight is 152 g/mol. The third kappa shape index (κ3) is 2.54. The lowest BCUT2D eigenvalue weighted by molar-refractivity contribution is 0.180. The van der Waals surface area contributed by atoms with Crippen molar-refractivity contribution in [1.29, 1.82) is 0 Å². The monoisotopic (exact) mass is 152 g/mol. The van der Waals surface area contributed by atoms with Crippen LogP contribution in [0.15, 0.2) is 0 Å². The highest BCUT2D eigenvalue weighted by molar-refractivity contribution is 6.11. The fourth-order valence-corrected chi connectivity index (χ4v) is 2.22. The SMILES string of the molecule is BC1CCCC(C(C)(C)C)C1. The molecule has 0 heterocycles. The van der Waals surface area contributed by atoms with E-state index in [-0.39, 0.29) is 0 Å². The fraction of sp³-hybridized carbons (Fsp3) is 1.00. The predicted octanol–water partition coefficient (Wildman–Crippen LogP) is 2.64. The van der Waals surface area contributed by atoms with Gasteiger partial charge in [0.1, 0.15) is 7.85 Å². The molecule has 0 aliphatic heterocycles. The highest BCUT2D eigenvalue weighted by atomic mass is 14.3. The van der Waals surface area contributed by atoms with Gasteiger partial charge >= 0.3 is 0 Å². The Bertz CT molecular complexity index is 123. The van der Waals surface area contributed by atoms with Crippen molar-refractivity contribution in [2.75, 3.05) is 0 Å². The molecule has 1 fully saturated rings. The Kier molecular flexibility index (Phi) is 2.67. The van der Waals surface area contributed by atoms with E-state index in [4.69, 9.17) is 0 Å². The minimum Gasteiger partial charge on any atom is -0.0694 e. The molecular weight excluding hydrogens is 131 g/mol. The molecule has 0 bridgehead atoms. The maximum atomic E-state index is 2.40. The molecule has 0 radical (unpaired) electrons. The van der Waals surface area contributed by atoms with Crippen molar-refractivity contribution < 1.29 is 0 Å². The highest BCUT2D eigenvalue weighted by Gasteiger charge is 2.28. The molecule has 0 N–H and O–H groups in total. The van der Waals surface area contributed by atoms with Gasteiger partial charge in [0.2, 0.25) is 0 Å². The zero-order valence-electron chi connectivity index (χ0n) is 8.48. The summed E-state index contributed by atoms with van der Waals surface area (Å²) in [6.45, 7) is 7.15. The first-order valence-electron chi connectivity index (χ1n) is 5.00. The summed E-state index contributed by atoms with van der Waals surface area (Å²) in [5, 5.41) is 0. The van der Waals surface area contributed by atoms with E-state index in [1.54, 1.807) is 0 Å².